The van der Waals surface area contributed by atoms with Gasteiger partial charge in [0, 0.05) is 11.6 Å². The van der Waals surface area contributed by atoms with Crippen LogP contribution in [0.1, 0.15) is 5.56 Å². The van der Waals surface area contributed by atoms with Gasteiger partial charge >= 0.3 is 6.03 Å². The summed E-state index contributed by atoms with van der Waals surface area (Å²) in [5, 5.41) is 0.433. The van der Waals surface area contributed by atoms with Gasteiger partial charge in [0.05, 0.1) is 19.9 Å². The van der Waals surface area contributed by atoms with Crippen molar-refractivity contribution >= 4 is 29.0 Å². The van der Waals surface area contributed by atoms with Crippen molar-refractivity contribution in [2.75, 3.05) is 14.2 Å². The smallest absolute Gasteiger partial charge is 0.365 e. The molecule has 0 radical (unpaired) electrons. The number of hydrogen-bond donors (Lipinski definition) is 1. The minimum atomic E-state index is -0.827. The van der Waals surface area contributed by atoms with Crippen molar-refractivity contribution in [3.8, 4) is 11.5 Å². The number of carbonyl (C=O) groups excluding carboxylic acids is 2. The van der Waals surface area contributed by atoms with Crippen molar-refractivity contribution in [1.82, 2.24) is 5.01 Å². The van der Waals surface area contributed by atoms with Crippen LogP contribution >= 0.6 is 0 Å². The summed E-state index contributed by atoms with van der Waals surface area (Å²) < 4.78 is 10.3. The molecule has 0 fully saturated rings. The average molecular weight is 274 g/mol. The van der Waals surface area contributed by atoms with E-state index in [-0.39, 0.29) is 11.4 Å². The van der Waals surface area contributed by atoms with E-state index in [0.717, 1.165) is 0 Å². The monoisotopic (exact) mass is 274 g/mol. The number of benzene rings is 1. The van der Waals surface area contributed by atoms with E-state index in [4.69, 9.17) is 15.3 Å². The molecular formula is C12H10N4O4. The van der Waals surface area contributed by atoms with Gasteiger partial charge in [0.2, 0.25) is 0 Å². The van der Waals surface area contributed by atoms with Gasteiger partial charge in [-0.2, -0.15) is 10.0 Å². The normalized spacial score (nSPS) is 16.4. The zero-order valence-electron chi connectivity index (χ0n) is 10.7. The van der Waals surface area contributed by atoms with Crippen molar-refractivity contribution in [2.24, 2.45) is 15.8 Å². The third-order valence-corrected chi connectivity index (χ3v) is 3.05. The van der Waals surface area contributed by atoms with Gasteiger partial charge in [-0.15, -0.1) is 0 Å². The second-order valence-corrected chi connectivity index (χ2v) is 4.10. The first-order valence-corrected chi connectivity index (χ1v) is 5.64. The number of amides is 3. The first-order valence-electron chi connectivity index (χ1n) is 5.64. The van der Waals surface area contributed by atoms with E-state index in [1.807, 2.05) is 0 Å². The second kappa shape index (κ2) is 4.14. The number of methoxy groups -OCH3 is 2. The quantitative estimate of drug-likeness (QED) is 0.621. The number of hydrazine groups is 1. The van der Waals surface area contributed by atoms with Crippen molar-refractivity contribution in [3.05, 3.63) is 17.7 Å². The van der Waals surface area contributed by atoms with E-state index in [9.17, 15) is 9.59 Å². The Kier molecular flexibility index (Phi) is 2.54. The fourth-order valence-electron chi connectivity index (χ4n) is 2.06. The van der Waals surface area contributed by atoms with Crippen LogP contribution in [-0.2, 0) is 4.79 Å². The van der Waals surface area contributed by atoms with E-state index in [0.29, 0.717) is 27.8 Å². The lowest BCUT2D eigenvalue weighted by Crippen LogP contribution is -2.50. The maximum atomic E-state index is 11.9. The topological polar surface area (TPSA) is 107 Å². The van der Waals surface area contributed by atoms with Gasteiger partial charge in [-0.05, 0) is 6.07 Å². The fraction of sp³-hybridized carbons (Fsp3) is 0.167. The van der Waals surface area contributed by atoms with Crippen molar-refractivity contribution in [3.63, 3.8) is 0 Å². The predicted octanol–water partition coefficient (Wildman–Crippen LogP) is 0.415. The zero-order chi connectivity index (χ0) is 14.4. The molecular weight excluding hydrogens is 264 g/mol. The summed E-state index contributed by atoms with van der Waals surface area (Å²) >= 11 is 0. The molecule has 0 aromatic heterocycles. The molecule has 8 nitrogen and oxygen atoms in total. The number of urea groups is 1. The number of fused-ring (bicyclic) bond motifs is 3. The van der Waals surface area contributed by atoms with E-state index in [2.05, 4.69) is 9.98 Å². The van der Waals surface area contributed by atoms with Crippen LogP contribution in [0, 0.1) is 0 Å². The van der Waals surface area contributed by atoms with E-state index >= 15 is 0 Å². The number of aliphatic imine (C=N–C) groups is 2. The Labute approximate surface area is 113 Å². The fourth-order valence-corrected chi connectivity index (χ4v) is 2.06. The van der Waals surface area contributed by atoms with Crippen LogP contribution in [0.5, 0.6) is 11.5 Å². The molecule has 3 rings (SSSR count). The number of ether oxygens (including phenoxy) is 2. The lowest BCUT2D eigenvalue weighted by molar-refractivity contribution is -0.121. The molecule has 2 aliphatic heterocycles. The molecule has 0 aliphatic carbocycles. The highest BCUT2D eigenvalue weighted by molar-refractivity contribution is 6.74. The molecule has 20 heavy (non-hydrogen) atoms. The summed E-state index contributed by atoms with van der Waals surface area (Å²) in [6.45, 7) is 0. The molecule has 0 spiro atoms. The molecule has 0 bridgehead atoms. The maximum absolute atomic E-state index is 11.9. The lowest BCUT2D eigenvalue weighted by atomic mass is 10.1. The Bertz CT molecular complexity index is 708. The van der Waals surface area contributed by atoms with Gasteiger partial charge in [0.1, 0.15) is 5.71 Å². The Morgan fingerprint density at radius 1 is 1.05 bits per heavy atom. The third kappa shape index (κ3) is 1.51. The van der Waals surface area contributed by atoms with E-state index in [1.54, 1.807) is 12.1 Å². The zero-order valence-corrected chi connectivity index (χ0v) is 10.7. The Morgan fingerprint density at radius 3 is 2.35 bits per heavy atom. The minimum absolute atomic E-state index is 0.0393. The summed E-state index contributed by atoms with van der Waals surface area (Å²) in [5.74, 6) is 5.57. The highest BCUT2D eigenvalue weighted by atomic mass is 16.5. The number of nitrogens with two attached hydrogens (primary N) is 1. The van der Waals surface area contributed by atoms with Crippen LogP contribution in [0.4, 0.5) is 10.5 Å². The number of hydrogen-bond acceptors (Lipinski definition) is 6. The van der Waals surface area contributed by atoms with Crippen LogP contribution in [0.15, 0.2) is 22.1 Å². The van der Waals surface area contributed by atoms with Gasteiger partial charge in [0.25, 0.3) is 5.91 Å². The summed E-state index contributed by atoms with van der Waals surface area (Å²) in [4.78, 5) is 31.3. The van der Waals surface area contributed by atoms with Crippen molar-refractivity contribution < 1.29 is 19.1 Å². The summed E-state index contributed by atoms with van der Waals surface area (Å²) in [6.07, 6.45) is 0. The second-order valence-electron chi connectivity index (χ2n) is 4.10. The van der Waals surface area contributed by atoms with E-state index < -0.39 is 11.9 Å². The van der Waals surface area contributed by atoms with Gasteiger partial charge in [-0.3, -0.25) is 4.79 Å². The largest absolute Gasteiger partial charge is 0.493 e. The highest BCUT2D eigenvalue weighted by Crippen LogP contribution is 2.39. The predicted molar refractivity (Wildman–Crippen MR) is 69.6 cm³/mol. The molecule has 102 valence electrons. The molecule has 0 saturated carbocycles. The molecule has 2 aliphatic rings. The molecule has 0 unspecified atom stereocenters. The highest BCUT2D eigenvalue weighted by Gasteiger charge is 2.38. The lowest BCUT2D eigenvalue weighted by Gasteiger charge is -2.17. The van der Waals surface area contributed by atoms with Crippen LogP contribution in [0.25, 0.3) is 0 Å². The molecule has 3 amide bonds. The van der Waals surface area contributed by atoms with Gasteiger partial charge in [-0.1, -0.05) is 0 Å². The summed E-state index contributed by atoms with van der Waals surface area (Å²) in [5.41, 5.74) is 1.26. The molecule has 1 aromatic rings. The van der Waals surface area contributed by atoms with Crippen LogP contribution < -0.4 is 15.3 Å². The van der Waals surface area contributed by atoms with Crippen LogP contribution in [0.2, 0.25) is 0 Å². The molecule has 2 N–H and O–H groups in total. The Morgan fingerprint density at radius 2 is 1.70 bits per heavy atom. The maximum Gasteiger partial charge on any atom is 0.365 e. The van der Waals surface area contributed by atoms with Crippen LogP contribution in [-0.4, -0.2) is 42.6 Å². The Balaban J connectivity index is 2.21. The molecule has 1 aromatic carbocycles. The van der Waals surface area contributed by atoms with Crippen molar-refractivity contribution in [1.29, 1.82) is 0 Å². The molecule has 8 heteroatoms. The number of nitrogens with zero attached hydrogens (tertiary/aromatic N) is 3. The third-order valence-electron chi connectivity index (χ3n) is 3.05. The SMILES string of the molecule is COc1cc2c(cc1OC)C1=NC(=O)N(N)C(=O)C1=N2. The van der Waals surface area contributed by atoms with Crippen molar-refractivity contribution in [2.45, 2.75) is 0 Å². The molecule has 0 atom stereocenters. The Hall–Kier alpha value is -2.74. The number of carbonyl (C=O) groups is 2. The first kappa shape index (κ1) is 12.3. The van der Waals surface area contributed by atoms with Gasteiger partial charge in [0.15, 0.2) is 17.2 Å². The minimum Gasteiger partial charge on any atom is -0.493 e. The van der Waals surface area contributed by atoms with E-state index in [1.165, 1.54) is 14.2 Å². The van der Waals surface area contributed by atoms with Gasteiger partial charge < -0.3 is 9.47 Å². The molecule has 2 heterocycles. The summed E-state index contributed by atoms with van der Waals surface area (Å²) in [7, 11) is 2.98. The first-order chi connectivity index (χ1) is 9.56. The standard InChI is InChI=1S/C12H10N4O4/c1-19-7-3-5-6(4-8(7)20-2)14-10-9(5)15-12(18)16(13)11(10)17/h3-4H,13H2,1-2H3. The van der Waals surface area contributed by atoms with Crippen LogP contribution in [0.3, 0.4) is 0 Å². The number of imide groups is 1. The molecule has 0 saturated heterocycles. The van der Waals surface area contributed by atoms with Gasteiger partial charge in [-0.25, -0.2) is 15.6 Å². The summed E-state index contributed by atoms with van der Waals surface area (Å²) in [6, 6.07) is 2.41. The average Bonchev–Trinajstić information content (AvgIpc) is 2.81. The number of rotatable bonds is 2.